The van der Waals surface area contributed by atoms with Gasteiger partial charge in [0.05, 0.1) is 5.52 Å². The van der Waals surface area contributed by atoms with E-state index in [1.165, 1.54) is 13.8 Å². The van der Waals surface area contributed by atoms with E-state index in [0.29, 0.717) is 11.3 Å². The number of amides is 2. The lowest BCUT2D eigenvalue weighted by Crippen LogP contribution is -2.13. The van der Waals surface area contributed by atoms with Gasteiger partial charge >= 0.3 is 0 Å². The summed E-state index contributed by atoms with van der Waals surface area (Å²) in [5.41, 5.74) is 0.653. The number of hydrogen-bond donors (Lipinski definition) is 2. The van der Waals surface area contributed by atoms with Crippen molar-refractivity contribution >= 4 is 34.5 Å². The molecule has 2 aromatic rings. The molecule has 0 saturated carbocycles. The van der Waals surface area contributed by atoms with Crippen LogP contribution >= 0.6 is 0 Å². The lowest BCUT2D eigenvalue weighted by molar-refractivity contribution is -0.115. The molecule has 0 fully saturated rings. The van der Waals surface area contributed by atoms with Gasteiger partial charge in [0.15, 0.2) is 0 Å². The van der Waals surface area contributed by atoms with E-state index in [2.05, 4.69) is 20.6 Å². The Hall–Kier alpha value is -2.50. The van der Waals surface area contributed by atoms with Gasteiger partial charge in [-0.15, -0.1) is 0 Å². The van der Waals surface area contributed by atoms with Gasteiger partial charge in [-0.1, -0.05) is 12.1 Å². The minimum absolute atomic E-state index is 0.171. The maximum atomic E-state index is 11.1. The van der Waals surface area contributed by atoms with Gasteiger partial charge in [-0.2, -0.15) is 4.98 Å². The summed E-state index contributed by atoms with van der Waals surface area (Å²) in [6.45, 7) is 2.77. The molecule has 18 heavy (non-hydrogen) atoms. The number of para-hydroxylation sites is 1. The number of fused-ring (bicyclic) bond motifs is 1. The maximum absolute atomic E-state index is 11.1. The van der Waals surface area contributed by atoms with Gasteiger partial charge in [-0.05, 0) is 12.1 Å². The molecular formula is C12H12N4O2. The van der Waals surface area contributed by atoms with Crippen LogP contribution in [0.15, 0.2) is 24.3 Å². The van der Waals surface area contributed by atoms with Crippen LogP contribution in [0.3, 0.4) is 0 Å². The van der Waals surface area contributed by atoms with E-state index in [1.807, 2.05) is 12.1 Å². The SMILES string of the molecule is CC(=O)Nc1nc(NC(C)=O)c2ccccc2n1. The van der Waals surface area contributed by atoms with Crippen LogP contribution in [0.5, 0.6) is 0 Å². The molecule has 2 amide bonds. The number of carbonyl (C=O) groups excluding carboxylic acids is 2. The number of benzene rings is 1. The number of nitrogens with zero attached hydrogens (tertiary/aromatic N) is 2. The summed E-state index contributed by atoms with van der Waals surface area (Å²) in [5, 5.41) is 5.84. The average Bonchev–Trinajstić information content (AvgIpc) is 2.27. The predicted octanol–water partition coefficient (Wildman–Crippen LogP) is 1.55. The smallest absolute Gasteiger partial charge is 0.231 e. The number of anilines is 2. The Labute approximate surface area is 103 Å². The molecule has 2 N–H and O–H groups in total. The lowest BCUT2D eigenvalue weighted by Gasteiger charge is -2.08. The Balaban J connectivity index is 2.56. The molecule has 6 nitrogen and oxygen atoms in total. The first-order valence-corrected chi connectivity index (χ1v) is 5.38. The van der Waals surface area contributed by atoms with Crippen LogP contribution in [0.4, 0.5) is 11.8 Å². The van der Waals surface area contributed by atoms with E-state index in [9.17, 15) is 9.59 Å². The van der Waals surface area contributed by atoms with Crippen LogP contribution in [-0.2, 0) is 9.59 Å². The number of aromatic nitrogens is 2. The van der Waals surface area contributed by atoms with Gasteiger partial charge in [-0.3, -0.25) is 14.9 Å². The van der Waals surface area contributed by atoms with E-state index in [0.717, 1.165) is 5.39 Å². The molecule has 6 heteroatoms. The van der Waals surface area contributed by atoms with Crippen molar-refractivity contribution in [1.29, 1.82) is 0 Å². The normalized spacial score (nSPS) is 10.1. The second-order valence-corrected chi connectivity index (χ2v) is 3.78. The summed E-state index contributed by atoms with van der Waals surface area (Å²) >= 11 is 0. The molecular weight excluding hydrogens is 232 g/mol. The summed E-state index contributed by atoms with van der Waals surface area (Å²) in [7, 11) is 0. The third kappa shape index (κ3) is 2.60. The van der Waals surface area contributed by atoms with E-state index >= 15 is 0 Å². The zero-order valence-corrected chi connectivity index (χ0v) is 10.0. The van der Waals surface area contributed by atoms with Crippen LogP contribution in [-0.4, -0.2) is 21.8 Å². The molecule has 0 spiro atoms. The van der Waals surface area contributed by atoms with Crippen LogP contribution in [0.1, 0.15) is 13.8 Å². The highest BCUT2D eigenvalue weighted by atomic mass is 16.2. The van der Waals surface area contributed by atoms with Crippen molar-refractivity contribution in [1.82, 2.24) is 9.97 Å². The van der Waals surface area contributed by atoms with Crippen LogP contribution in [0, 0.1) is 0 Å². The number of nitrogens with one attached hydrogen (secondary N) is 2. The zero-order valence-electron chi connectivity index (χ0n) is 10.0. The summed E-state index contributed by atoms with van der Waals surface area (Å²) in [6, 6.07) is 7.24. The van der Waals surface area contributed by atoms with Gasteiger partial charge in [-0.25, -0.2) is 4.98 Å². The van der Waals surface area contributed by atoms with Crippen molar-refractivity contribution in [2.24, 2.45) is 0 Å². The molecule has 0 saturated heterocycles. The third-order valence-electron chi connectivity index (χ3n) is 2.19. The summed E-state index contributed by atoms with van der Waals surface area (Å²) < 4.78 is 0. The van der Waals surface area contributed by atoms with E-state index < -0.39 is 0 Å². The Morgan fingerprint density at radius 2 is 1.67 bits per heavy atom. The molecule has 0 unspecified atom stereocenters. The molecule has 1 heterocycles. The first-order chi connectivity index (χ1) is 8.56. The van der Waals surface area contributed by atoms with Gasteiger partial charge in [0.25, 0.3) is 0 Å². The first-order valence-electron chi connectivity index (χ1n) is 5.38. The van der Waals surface area contributed by atoms with Crippen molar-refractivity contribution in [2.45, 2.75) is 13.8 Å². The molecule has 0 aliphatic heterocycles. The maximum Gasteiger partial charge on any atom is 0.231 e. The van der Waals surface area contributed by atoms with Gasteiger partial charge in [0.2, 0.25) is 17.8 Å². The van der Waals surface area contributed by atoms with Crippen LogP contribution in [0.25, 0.3) is 10.9 Å². The topological polar surface area (TPSA) is 84.0 Å². The second kappa shape index (κ2) is 4.79. The van der Waals surface area contributed by atoms with E-state index in [-0.39, 0.29) is 17.8 Å². The average molecular weight is 244 g/mol. The summed E-state index contributed by atoms with van der Waals surface area (Å²) in [5.74, 6) is 0.0634. The number of carbonyl (C=O) groups is 2. The minimum atomic E-state index is -0.265. The van der Waals surface area contributed by atoms with Crippen molar-refractivity contribution in [3.63, 3.8) is 0 Å². The van der Waals surface area contributed by atoms with Gasteiger partial charge in [0, 0.05) is 19.2 Å². The van der Waals surface area contributed by atoms with Gasteiger partial charge < -0.3 is 5.32 Å². The predicted molar refractivity (Wildman–Crippen MR) is 68.1 cm³/mol. The fourth-order valence-electron chi connectivity index (χ4n) is 1.55. The van der Waals surface area contributed by atoms with Crippen molar-refractivity contribution in [3.8, 4) is 0 Å². The quantitative estimate of drug-likeness (QED) is 0.839. The molecule has 1 aromatic carbocycles. The summed E-state index contributed by atoms with van der Waals surface area (Å²) in [4.78, 5) is 30.4. The highest BCUT2D eigenvalue weighted by Gasteiger charge is 2.09. The summed E-state index contributed by atoms with van der Waals surface area (Å²) in [6.07, 6.45) is 0. The molecule has 1 aromatic heterocycles. The first kappa shape index (κ1) is 12.0. The third-order valence-corrected chi connectivity index (χ3v) is 2.19. The van der Waals surface area contributed by atoms with Crippen LogP contribution in [0.2, 0.25) is 0 Å². The Morgan fingerprint density at radius 3 is 2.33 bits per heavy atom. The van der Waals surface area contributed by atoms with Crippen LogP contribution < -0.4 is 10.6 Å². The van der Waals surface area contributed by atoms with E-state index in [4.69, 9.17) is 0 Å². The number of rotatable bonds is 2. The lowest BCUT2D eigenvalue weighted by atomic mass is 10.2. The van der Waals surface area contributed by atoms with E-state index in [1.54, 1.807) is 12.1 Å². The Kier molecular flexibility index (Phi) is 3.18. The number of hydrogen-bond acceptors (Lipinski definition) is 4. The minimum Gasteiger partial charge on any atom is -0.310 e. The molecule has 0 aliphatic carbocycles. The molecule has 0 radical (unpaired) electrons. The highest BCUT2D eigenvalue weighted by molar-refractivity contribution is 5.99. The second-order valence-electron chi connectivity index (χ2n) is 3.78. The van der Waals surface area contributed by atoms with Crippen molar-refractivity contribution in [2.75, 3.05) is 10.6 Å². The van der Waals surface area contributed by atoms with Crippen molar-refractivity contribution in [3.05, 3.63) is 24.3 Å². The van der Waals surface area contributed by atoms with Crippen molar-refractivity contribution < 1.29 is 9.59 Å². The molecule has 0 bridgehead atoms. The highest BCUT2D eigenvalue weighted by Crippen LogP contribution is 2.21. The largest absolute Gasteiger partial charge is 0.310 e. The standard InChI is InChI=1S/C12H12N4O2/c1-7(17)13-11-9-5-3-4-6-10(9)15-12(16-11)14-8(2)18/h3-6H,1-2H3,(H2,13,14,15,16,17,18). The molecule has 0 aliphatic rings. The molecule has 0 atom stereocenters. The van der Waals surface area contributed by atoms with Gasteiger partial charge in [0.1, 0.15) is 5.82 Å². The zero-order chi connectivity index (χ0) is 13.1. The molecule has 92 valence electrons. The fraction of sp³-hybridized carbons (Fsp3) is 0.167. The monoisotopic (exact) mass is 244 g/mol. The molecule has 2 rings (SSSR count). The fourth-order valence-corrected chi connectivity index (χ4v) is 1.55. The Bertz CT molecular complexity index is 625. The Morgan fingerprint density at radius 1 is 1.00 bits per heavy atom.